The zero-order chi connectivity index (χ0) is 16.9. The van der Waals surface area contributed by atoms with E-state index < -0.39 is 0 Å². The SMILES string of the molecule is COc1ccc(NC(=O)Cc2c[nH]n(-c3ccccc3)c2=O)cc1. The maximum atomic E-state index is 12.4. The molecule has 0 aliphatic rings. The van der Waals surface area contributed by atoms with Crippen LogP contribution in [-0.4, -0.2) is 22.8 Å². The lowest BCUT2D eigenvalue weighted by molar-refractivity contribution is -0.115. The molecule has 3 aromatic rings. The Morgan fingerprint density at radius 3 is 2.50 bits per heavy atom. The molecule has 1 heterocycles. The molecule has 0 aliphatic heterocycles. The van der Waals surface area contributed by atoms with Crippen LogP contribution in [0.3, 0.4) is 0 Å². The van der Waals surface area contributed by atoms with Crippen molar-refractivity contribution in [1.29, 1.82) is 0 Å². The molecule has 6 nitrogen and oxygen atoms in total. The Hall–Kier alpha value is -3.28. The van der Waals surface area contributed by atoms with Crippen LogP contribution in [0.25, 0.3) is 5.69 Å². The van der Waals surface area contributed by atoms with E-state index in [1.54, 1.807) is 37.6 Å². The average molecular weight is 323 g/mol. The molecule has 0 saturated carbocycles. The number of rotatable bonds is 5. The van der Waals surface area contributed by atoms with E-state index in [0.717, 1.165) is 5.69 Å². The van der Waals surface area contributed by atoms with Crippen molar-refractivity contribution in [1.82, 2.24) is 9.78 Å². The summed E-state index contributed by atoms with van der Waals surface area (Å²) in [7, 11) is 1.58. The Morgan fingerprint density at radius 2 is 1.83 bits per heavy atom. The summed E-state index contributed by atoms with van der Waals surface area (Å²) >= 11 is 0. The van der Waals surface area contributed by atoms with Crippen LogP contribution < -0.4 is 15.6 Å². The largest absolute Gasteiger partial charge is 0.497 e. The summed E-state index contributed by atoms with van der Waals surface area (Å²) < 4.78 is 6.48. The van der Waals surface area contributed by atoms with Crippen molar-refractivity contribution >= 4 is 11.6 Å². The summed E-state index contributed by atoms with van der Waals surface area (Å²) in [5.41, 5.74) is 1.56. The smallest absolute Gasteiger partial charge is 0.274 e. The van der Waals surface area contributed by atoms with Gasteiger partial charge in [-0.15, -0.1) is 0 Å². The number of methoxy groups -OCH3 is 1. The highest BCUT2D eigenvalue weighted by Gasteiger charge is 2.12. The summed E-state index contributed by atoms with van der Waals surface area (Å²) in [6, 6.07) is 16.2. The molecule has 0 bridgehead atoms. The van der Waals surface area contributed by atoms with E-state index in [1.807, 2.05) is 30.3 Å². The number of carbonyl (C=O) groups excluding carboxylic acids is 1. The van der Waals surface area contributed by atoms with Gasteiger partial charge in [-0.25, -0.2) is 4.68 Å². The highest BCUT2D eigenvalue weighted by atomic mass is 16.5. The van der Waals surface area contributed by atoms with Crippen molar-refractivity contribution in [3.8, 4) is 11.4 Å². The first-order valence-corrected chi connectivity index (χ1v) is 7.46. The number of hydrogen-bond donors (Lipinski definition) is 2. The van der Waals surface area contributed by atoms with Crippen molar-refractivity contribution in [2.24, 2.45) is 0 Å². The van der Waals surface area contributed by atoms with Crippen LogP contribution >= 0.6 is 0 Å². The Kier molecular flexibility index (Phi) is 4.47. The van der Waals surface area contributed by atoms with Gasteiger partial charge in [0.05, 0.1) is 19.2 Å². The van der Waals surface area contributed by atoms with Crippen LogP contribution in [0.4, 0.5) is 5.69 Å². The molecule has 122 valence electrons. The van der Waals surface area contributed by atoms with Crippen molar-refractivity contribution in [2.75, 3.05) is 12.4 Å². The highest BCUT2D eigenvalue weighted by molar-refractivity contribution is 5.92. The Bertz CT molecular complexity index is 880. The van der Waals surface area contributed by atoms with Gasteiger partial charge >= 0.3 is 0 Å². The first-order valence-electron chi connectivity index (χ1n) is 7.46. The van der Waals surface area contributed by atoms with E-state index in [2.05, 4.69) is 10.4 Å². The van der Waals surface area contributed by atoms with Gasteiger partial charge in [-0.2, -0.15) is 0 Å². The Morgan fingerprint density at radius 1 is 1.12 bits per heavy atom. The normalized spacial score (nSPS) is 10.4. The van der Waals surface area contributed by atoms with Crippen LogP contribution in [0.2, 0.25) is 0 Å². The molecule has 3 rings (SSSR count). The third-order valence-electron chi connectivity index (χ3n) is 3.58. The minimum Gasteiger partial charge on any atom is -0.497 e. The number of carbonyl (C=O) groups is 1. The van der Waals surface area contributed by atoms with Crippen LogP contribution in [-0.2, 0) is 11.2 Å². The van der Waals surface area contributed by atoms with E-state index in [9.17, 15) is 9.59 Å². The van der Waals surface area contributed by atoms with E-state index in [0.29, 0.717) is 17.0 Å². The Labute approximate surface area is 138 Å². The van der Waals surface area contributed by atoms with Gasteiger partial charge in [-0.3, -0.25) is 14.7 Å². The number of H-pyrrole nitrogens is 1. The molecular formula is C18H17N3O3. The molecule has 2 N–H and O–H groups in total. The van der Waals surface area contributed by atoms with Gasteiger partial charge < -0.3 is 10.1 Å². The van der Waals surface area contributed by atoms with Crippen LogP contribution in [0.5, 0.6) is 5.75 Å². The van der Waals surface area contributed by atoms with Gasteiger partial charge in [0.25, 0.3) is 5.56 Å². The van der Waals surface area contributed by atoms with Gasteiger partial charge in [0, 0.05) is 17.4 Å². The molecule has 0 atom stereocenters. The summed E-state index contributed by atoms with van der Waals surface area (Å²) in [6.45, 7) is 0. The fourth-order valence-corrected chi connectivity index (χ4v) is 2.35. The molecule has 0 unspecified atom stereocenters. The number of nitrogens with zero attached hydrogens (tertiary/aromatic N) is 1. The zero-order valence-corrected chi connectivity index (χ0v) is 13.2. The predicted octanol–water partition coefficient (Wildman–Crippen LogP) is 2.36. The van der Waals surface area contributed by atoms with Crippen LogP contribution in [0.1, 0.15) is 5.56 Å². The monoisotopic (exact) mass is 323 g/mol. The average Bonchev–Trinajstić information content (AvgIpc) is 2.97. The number of ether oxygens (including phenoxy) is 1. The summed E-state index contributed by atoms with van der Waals surface area (Å²) in [5.74, 6) is 0.459. The Balaban J connectivity index is 1.71. The molecule has 0 spiro atoms. The van der Waals surface area contributed by atoms with E-state index >= 15 is 0 Å². The van der Waals surface area contributed by atoms with Crippen molar-refractivity contribution in [3.05, 3.63) is 76.7 Å². The molecule has 6 heteroatoms. The quantitative estimate of drug-likeness (QED) is 0.757. The fraction of sp³-hybridized carbons (Fsp3) is 0.111. The minimum absolute atomic E-state index is 0.00119. The zero-order valence-electron chi connectivity index (χ0n) is 13.2. The number of benzene rings is 2. The third kappa shape index (κ3) is 3.38. The minimum atomic E-state index is -0.253. The van der Waals surface area contributed by atoms with E-state index in [-0.39, 0.29) is 17.9 Å². The molecule has 2 aromatic carbocycles. The lowest BCUT2D eigenvalue weighted by Crippen LogP contribution is -2.22. The number of hydrogen-bond acceptors (Lipinski definition) is 3. The standard InChI is InChI=1S/C18H17N3O3/c1-24-16-9-7-14(8-10-16)20-17(22)11-13-12-19-21(18(13)23)15-5-3-2-4-6-15/h2-10,12,19H,11H2,1H3,(H,20,22). The maximum Gasteiger partial charge on any atom is 0.274 e. The molecule has 24 heavy (non-hydrogen) atoms. The van der Waals surface area contributed by atoms with Gasteiger partial charge in [0.2, 0.25) is 5.91 Å². The van der Waals surface area contributed by atoms with Crippen LogP contribution in [0.15, 0.2) is 65.6 Å². The lowest BCUT2D eigenvalue weighted by atomic mass is 10.2. The second-order valence-corrected chi connectivity index (χ2v) is 5.23. The molecular weight excluding hydrogens is 306 g/mol. The molecule has 0 aliphatic carbocycles. The number of aromatic nitrogens is 2. The van der Waals surface area contributed by atoms with Crippen molar-refractivity contribution < 1.29 is 9.53 Å². The summed E-state index contributed by atoms with van der Waals surface area (Å²) in [4.78, 5) is 24.5. The van der Waals surface area contributed by atoms with Gasteiger partial charge in [0.15, 0.2) is 0 Å². The van der Waals surface area contributed by atoms with E-state index in [4.69, 9.17) is 4.74 Å². The van der Waals surface area contributed by atoms with Gasteiger partial charge in [0.1, 0.15) is 5.75 Å². The molecule has 0 saturated heterocycles. The second-order valence-electron chi connectivity index (χ2n) is 5.23. The maximum absolute atomic E-state index is 12.4. The first-order chi connectivity index (χ1) is 11.7. The first kappa shape index (κ1) is 15.6. The van der Waals surface area contributed by atoms with Crippen LogP contribution in [0, 0.1) is 0 Å². The van der Waals surface area contributed by atoms with E-state index in [1.165, 1.54) is 4.68 Å². The topological polar surface area (TPSA) is 76.1 Å². The summed E-state index contributed by atoms with van der Waals surface area (Å²) in [6.07, 6.45) is 1.56. The molecule has 0 radical (unpaired) electrons. The highest BCUT2D eigenvalue weighted by Crippen LogP contribution is 2.15. The number of nitrogens with one attached hydrogen (secondary N) is 2. The molecule has 1 amide bonds. The number of amides is 1. The number of para-hydroxylation sites is 1. The number of aromatic amines is 1. The summed E-state index contributed by atoms with van der Waals surface area (Å²) in [5, 5.41) is 5.64. The molecule has 1 aromatic heterocycles. The predicted molar refractivity (Wildman–Crippen MR) is 91.7 cm³/mol. The fourth-order valence-electron chi connectivity index (χ4n) is 2.35. The van der Waals surface area contributed by atoms with Gasteiger partial charge in [-0.05, 0) is 36.4 Å². The van der Waals surface area contributed by atoms with Crippen molar-refractivity contribution in [2.45, 2.75) is 6.42 Å². The molecule has 0 fully saturated rings. The third-order valence-corrected chi connectivity index (χ3v) is 3.58. The second kappa shape index (κ2) is 6.87. The van der Waals surface area contributed by atoms with Crippen molar-refractivity contribution in [3.63, 3.8) is 0 Å². The lowest BCUT2D eigenvalue weighted by Gasteiger charge is -2.05. The van der Waals surface area contributed by atoms with Gasteiger partial charge in [-0.1, -0.05) is 18.2 Å². The number of anilines is 1.